The van der Waals surface area contributed by atoms with E-state index >= 15 is 0 Å². The van der Waals surface area contributed by atoms with Crippen molar-refractivity contribution in [1.29, 1.82) is 0 Å². The first-order valence-corrected chi connectivity index (χ1v) is 8.43. The number of hydrogen-bond donors (Lipinski definition) is 0. The van der Waals surface area contributed by atoms with Gasteiger partial charge in [-0.15, -0.1) is 0 Å². The fourth-order valence-electron chi connectivity index (χ4n) is 3.62. The Morgan fingerprint density at radius 3 is 2.09 bits per heavy atom. The fraction of sp³-hybridized carbons (Fsp3) is 0.889. The molecule has 4 heteroatoms. The maximum absolute atomic E-state index is 12.5. The first-order valence-electron chi connectivity index (χ1n) is 8.43. The summed E-state index contributed by atoms with van der Waals surface area (Å²) in [5.74, 6) is -0.425. The van der Waals surface area contributed by atoms with Gasteiger partial charge in [0, 0.05) is 30.3 Å². The first-order chi connectivity index (χ1) is 9.99. The molecule has 128 valence electrons. The van der Waals surface area contributed by atoms with Gasteiger partial charge in [0.1, 0.15) is 11.9 Å². The number of esters is 1. The van der Waals surface area contributed by atoms with Crippen molar-refractivity contribution in [3.63, 3.8) is 0 Å². The number of carbonyl (C=O) groups is 2. The third kappa shape index (κ3) is 4.80. The fourth-order valence-corrected chi connectivity index (χ4v) is 3.62. The van der Waals surface area contributed by atoms with Gasteiger partial charge in [0.2, 0.25) is 0 Å². The summed E-state index contributed by atoms with van der Waals surface area (Å²) in [6, 6.07) is 0. The third-order valence-corrected chi connectivity index (χ3v) is 5.06. The predicted molar refractivity (Wildman–Crippen MR) is 88.7 cm³/mol. The second kappa shape index (κ2) is 7.12. The van der Waals surface area contributed by atoms with E-state index in [1.807, 2.05) is 6.92 Å². The van der Waals surface area contributed by atoms with Gasteiger partial charge in [0.25, 0.3) is 0 Å². The van der Waals surface area contributed by atoms with Crippen molar-refractivity contribution in [2.75, 3.05) is 7.05 Å². The van der Waals surface area contributed by atoms with E-state index in [2.05, 4.69) is 39.6 Å². The second-order valence-corrected chi connectivity index (χ2v) is 8.04. The number of hydrogen-bond acceptors (Lipinski definition) is 4. The van der Waals surface area contributed by atoms with Crippen LogP contribution in [0, 0.1) is 5.92 Å². The third-order valence-electron chi connectivity index (χ3n) is 5.06. The van der Waals surface area contributed by atoms with Gasteiger partial charge in [-0.05, 0) is 48.1 Å². The van der Waals surface area contributed by atoms with Crippen LogP contribution >= 0.6 is 0 Å². The van der Waals surface area contributed by atoms with E-state index < -0.39 is 0 Å². The smallest absolute Gasteiger partial charge is 0.309 e. The molecule has 0 aromatic carbocycles. The highest BCUT2D eigenvalue weighted by Gasteiger charge is 2.44. The minimum Gasteiger partial charge on any atom is -0.462 e. The van der Waals surface area contributed by atoms with E-state index in [4.69, 9.17) is 4.74 Å². The van der Waals surface area contributed by atoms with Crippen molar-refractivity contribution in [2.24, 2.45) is 5.92 Å². The minimum atomic E-state index is -0.284. The van der Waals surface area contributed by atoms with E-state index in [9.17, 15) is 9.59 Å². The first kappa shape index (κ1) is 19.1. The zero-order valence-corrected chi connectivity index (χ0v) is 15.4. The molecular formula is C18H33NO3. The van der Waals surface area contributed by atoms with Crippen LogP contribution in [-0.4, -0.2) is 40.9 Å². The lowest BCUT2D eigenvalue weighted by molar-refractivity contribution is -0.165. The van der Waals surface area contributed by atoms with Crippen LogP contribution < -0.4 is 0 Å². The number of nitrogens with zero attached hydrogens (tertiary/aromatic N) is 1. The van der Waals surface area contributed by atoms with E-state index in [1.165, 1.54) is 6.92 Å². The molecule has 0 bridgehead atoms. The van der Waals surface area contributed by atoms with Crippen molar-refractivity contribution in [1.82, 2.24) is 4.90 Å². The Morgan fingerprint density at radius 1 is 1.18 bits per heavy atom. The van der Waals surface area contributed by atoms with Gasteiger partial charge in [-0.1, -0.05) is 13.3 Å². The van der Waals surface area contributed by atoms with E-state index in [0.29, 0.717) is 6.42 Å². The number of Topliss-reactive ketones (excluding diaryl/α,β-unsaturated/α-hetero) is 1. The molecule has 1 heterocycles. The molecule has 0 amide bonds. The van der Waals surface area contributed by atoms with Crippen molar-refractivity contribution < 1.29 is 14.3 Å². The van der Waals surface area contributed by atoms with Crippen molar-refractivity contribution in [2.45, 2.75) is 90.8 Å². The molecular weight excluding hydrogens is 278 g/mol. The molecule has 1 aliphatic rings. The Bertz CT molecular complexity index is 397. The molecule has 0 aromatic heterocycles. The Labute approximate surface area is 135 Å². The van der Waals surface area contributed by atoms with Gasteiger partial charge >= 0.3 is 5.97 Å². The Morgan fingerprint density at radius 2 is 1.68 bits per heavy atom. The quantitative estimate of drug-likeness (QED) is 0.703. The van der Waals surface area contributed by atoms with Crippen LogP contribution in [0.5, 0.6) is 0 Å². The highest BCUT2D eigenvalue weighted by atomic mass is 16.5. The number of piperidine rings is 1. The largest absolute Gasteiger partial charge is 0.462 e. The van der Waals surface area contributed by atoms with Crippen LogP contribution in [0.3, 0.4) is 0 Å². The normalized spacial score (nSPS) is 23.0. The zero-order valence-electron chi connectivity index (χ0n) is 15.4. The lowest BCUT2D eigenvalue weighted by Crippen LogP contribution is -2.60. The molecule has 1 rings (SSSR count). The monoisotopic (exact) mass is 311 g/mol. The summed E-state index contributed by atoms with van der Waals surface area (Å²) in [6.07, 6.45) is 3.50. The second-order valence-electron chi connectivity index (χ2n) is 8.04. The molecule has 0 spiro atoms. The van der Waals surface area contributed by atoms with Crippen LogP contribution in [0.4, 0.5) is 0 Å². The average Bonchev–Trinajstić information content (AvgIpc) is 2.34. The molecule has 0 aromatic rings. The van der Waals surface area contributed by atoms with Gasteiger partial charge in [0.05, 0.1) is 5.92 Å². The SMILES string of the molecule is CCCC(CC(C)=O)C(=O)OC1CC(C)(C)N(C)C(C)(C)C1. The standard InChI is InChI=1S/C18H33NO3/c1-8-9-14(10-13(2)20)16(21)22-15-11-17(3,4)19(7)18(5,6)12-15/h14-15H,8-12H2,1-7H3. The predicted octanol–water partition coefficient (Wildman–Crippen LogP) is 3.58. The number of rotatable bonds is 6. The number of carbonyl (C=O) groups excluding carboxylic acids is 2. The van der Waals surface area contributed by atoms with Crippen LogP contribution in [0.15, 0.2) is 0 Å². The van der Waals surface area contributed by atoms with Gasteiger partial charge in [-0.25, -0.2) is 0 Å². The van der Waals surface area contributed by atoms with Gasteiger partial charge in [0.15, 0.2) is 0 Å². The topological polar surface area (TPSA) is 46.6 Å². The van der Waals surface area contributed by atoms with Gasteiger partial charge in [-0.2, -0.15) is 0 Å². The van der Waals surface area contributed by atoms with Gasteiger partial charge in [-0.3, -0.25) is 9.69 Å². The van der Waals surface area contributed by atoms with Crippen LogP contribution in [0.25, 0.3) is 0 Å². The summed E-state index contributed by atoms with van der Waals surface area (Å²) < 4.78 is 5.81. The summed E-state index contributed by atoms with van der Waals surface area (Å²) in [7, 11) is 2.13. The van der Waals surface area contributed by atoms with E-state index in [-0.39, 0.29) is 34.9 Å². The maximum Gasteiger partial charge on any atom is 0.309 e. The maximum atomic E-state index is 12.5. The number of likely N-dealkylation sites (tertiary alicyclic amines) is 1. The summed E-state index contributed by atoms with van der Waals surface area (Å²) in [6.45, 7) is 12.3. The molecule has 1 unspecified atom stereocenters. The lowest BCUT2D eigenvalue weighted by atomic mass is 9.78. The molecule has 1 fully saturated rings. The van der Waals surface area contributed by atoms with Gasteiger partial charge < -0.3 is 9.53 Å². The number of ketones is 1. The lowest BCUT2D eigenvalue weighted by Gasteiger charge is -2.53. The van der Waals surface area contributed by atoms with Crippen molar-refractivity contribution in [3.8, 4) is 0 Å². The van der Waals surface area contributed by atoms with Crippen LogP contribution in [0.2, 0.25) is 0 Å². The molecule has 1 atom stereocenters. The molecule has 0 N–H and O–H groups in total. The van der Waals surface area contributed by atoms with Crippen LogP contribution in [-0.2, 0) is 14.3 Å². The van der Waals surface area contributed by atoms with Crippen LogP contribution in [0.1, 0.15) is 73.6 Å². The number of ether oxygens (including phenoxy) is 1. The summed E-state index contributed by atoms with van der Waals surface area (Å²) >= 11 is 0. The highest BCUT2D eigenvalue weighted by Crippen LogP contribution is 2.38. The van der Waals surface area contributed by atoms with E-state index in [0.717, 1.165) is 25.7 Å². The summed E-state index contributed by atoms with van der Waals surface area (Å²) in [5, 5.41) is 0. The minimum absolute atomic E-state index is 0.00642. The summed E-state index contributed by atoms with van der Waals surface area (Å²) in [4.78, 5) is 26.2. The summed E-state index contributed by atoms with van der Waals surface area (Å²) in [5.41, 5.74) is -0.0128. The Kier molecular flexibility index (Phi) is 6.19. The zero-order chi connectivity index (χ0) is 17.1. The molecule has 0 saturated carbocycles. The van der Waals surface area contributed by atoms with Crippen molar-refractivity contribution >= 4 is 11.8 Å². The molecule has 22 heavy (non-hydrogen) atoms. The highest BCUT2D eigenvalue weighted by molar-refractivity contribution is 5.82. The average molecular weight is 311 g/mol. The molecule has 1 saturated heterocycles. The molecule has 4 nitrogen and oxygen atoms in total. The van der Waals surface area contributed by atoms with E-state index in [1.54, 1.807) is 0 Å². The molecule has 1 aliphatic heterocycles. The Balaban J connectivity index is 2.76. The van der Waals surface area contributed by atoms with Crippen molar-refractivity contribution in [3.05, 3.63) is 0 Å². The molecule has 0 aliphatic carbocycles. The molecule has 0 radical (unpaired) electrons. The Hall–Kier alpha value is -0.900.